The van der Waals surface area contributed by atoms with E-state index in [1.54, 1.807) is 0 Å². The summed E-state index contributed by atoms with van der Waals surface area (Å²) in [7, 11) is 0. The Morgan fingerprint density at radius 3 is 2.36 bits per heavy atom. The van der Waals surface area contributed by atoms with Gasteiger partial charge in [0.1, 0.15) is 0 Å². The Bertz CT molecular complexity index is 157. The Morgan fingerprint density at radius 1 is 1.14 bits per heavy atom. The van der Waals surface area contributed by atoms with E-state index in [4.69, 9.17) is 0 Å². The Kier molecular flexibility index (Phi) is 4.43. The van der Waals surface area contributed by atoms with Crippen LogP contribution in [-0.2, 0) is 0 Å². The minimum absolute atomic E-state index is 0.501. The summed E-state index contributed by atoms with van der Waals surface area (Å²) in [6, 6.07) is 0. The number of hydrogen-bond acceptors (Lipinski definition) is 1. The third-order valence-corrected chi connectivity index (χ3v) is 3.68. The molecular weight excluding hydrogens is 170 g/mol. The normalized spacial score (nSPS) is 29.1. The molecule has 84 valence electrons. The average molecular weight is 197 g/mol. The van der Waals surface area contributed by atoms with Crippen molar-refractivity contribution in [3.8, 4) is 0 Å². The first-order valence-electron chi connectivity index (χ1n) is 6.26. The molecule has 0 radical (unpaired) electrons. The van der Waals surface area contributed by atoms with Gasteiger partial charge in [0.2, 0.25) is 0 Å². The summed E-state index contributed by atoms with van der Waals surface area (Å²) < 4.78 is 0. The van der Waals surface area contributed by atoms with Crippen LogP contribution >= 0.6 is 0 Å². The molecule has 1 aliphatic rings. The van der Waals surface area contributed by atoms with Crippen LogP contribution in [0.3, 0.4) is 0 Å². The molecule has 1 saturated carbocycles. The van der Waals surface area contributed by atoms with E-state index in [1.165, 1.54) is 32.2 Å². The lowest BCUT2D eigenvalue weighted by molar-refractivity contribution is 0.107. The molecule has 0 spiro atoms. The highest BCUT2D eigenvalue weighted by Crippen LogP contribution is 2.41. The van der Waals surface area contributed by atoms with E-state index in [0.29, 0.717) is 5.41 Å². The van der Waals surface area contributed by atoms with E-state index in [0.717, 1.165) is 18.4 Å². The van der Waals surface area contributed by atoms with Crippen LogP contribution in [0.25, 0.3) is 0 Å². The second-order valence-electron chi connectivity index (χ2n) is 5.82. The molecule has 0 aromatic heterocycles. The number of nitrogens with one attached hydrogen (secondary N) is 1. The van der Waals surface area contributed by atoms with Crippen molar-refractivity contribution in [2.24, 2.45) is 17.3 Å². The Hall–Kier alpha value is -0.0400. The molecule has 1 rings (SSSR count). The molecule has 2 unspecified atom stereocenters. The van der Waals surface area contributed by atoms with Gasteiger partial charge in [-0.05, 0) is 43.2 Å². The maximum absolute atomic E-state index is 3.52. The minimum atomic E-state index is 0.501. The largest absolute Gasteiger partial charge is 0.317 e. The molecule has 1 nitrogen and oxygen atoms in total. The lowest BCUT2D eigenvalue weighted by Crippen LogP contribution is -2.37. The fourth-order valence-electron chi connectivity index (χ4n) is 2.92. The highest BCUT2D eigenvalue weighted by atomic mass is 14.8. The van der Waals surface area contributed by atoms with E-state index < -0.39 is 0 Å². The summed E-state index contributed by atoms with van der Waals surface area (Å²) in [5.74, 6) is 1.85. The molecule has 0 aromatic rings. The summed E-state index contributed by atoms with van der Waals surface area (Å²) in [5.41, 5.74) is 0.501. The average Bonchev–Trinajstić information content (AvgIpc) is 2.14. The summed E-state index contributed by atoms with van der Waals surface area (Å²) in [5, 5.41) is 3.52. The third-order valence-electron chi connectivity index (χ3n) is 3.68. The van der Waals surface area contributed by atoms with Crippen LogP contribution in [0.15, 0.2) is 0 Å². The first-order valence-corrected chi connectivity index (χ1v) is 6.26. The highest BCUT2D eigenvalue weighted by molar-refractivity contribution is 4.84. The summed E-state index contributed by atoms with van der Waals surface area (Å²) in [6.07, 6.45) is 5.78. The molecule has 0 aliphatic heterocycles. The van der Waals surface area contributed by atoms with Crippen molar-refractivity contribution < 1.29 is 0 Å². The Balaban J connectivity index is 2.50. The van der Waals surface area contributed by atoms with Crippen molar-refractivity contribution in [3.05, 3.63) is 0 Å². The Morgan fingerprint density at radius 2 is 1.79 bits per heavy atom. The molecule has 1 fully saturated rings. The zero-order chi connectivity index (χ0) is 10.6. The van der Waals surface area contributed by atoms with Crippen molar-refractivity contribution in [2.45, 2.75) is 53.4 Å². The van der Waals surface area contributed by atoms with E-state index in [2.05, 4.69) is 33.0 Å². The summed E-state index contributed by atoms with van der Waals surface area (Å²) >= 11 is 0. The molecular formula is C13H27N. The van der Waals surface area contributed by atoms with Crippen LogP contribution in [-0.4, -0.2) is 13.1 Å². The molecule has 0 amide bonds. The maximum atomic E-state index is 3.52. The quantitative estimate of drug-likeness (QED) is 0.730. The van der Waals surface area contributed by atoms with Gasteiger partial charge in [0.15, 0.2) is 0 Å². The molecule has 0 saturated heterocycles. The van der Waals surface area contributed by atoms with E-state index in [1.807, 2.05) is 0 Å². The number of rotatable bonds is 3. The lowest BCUT2D eigenvalue weighted by atomic mass is 9.66. The van der Waals surface area contributed by atoms with Crippen LogP contribution in [0.5, 0.6) is 0 Å². The third kappa shape index (κ3) is 3.27. The van der Waals surface area contributed by atoms with Gasteiger partial charge in [-0.2, -0.15) is 0 Å². The van der Waals surface area contributed by atoms with Gasteiger partial charge in [0.25, 0.3) is 0 Å². The van der Waals surface area contributed by atoms with Crippen molar-refractivity contribution in [3.63, 3.8) is 0 Å². The van der Waals surface area contributed by atoms with E-state index in [9.17, 15) is 0 Å². The molecule has 2 atom stereocenters. The SMILES string of the molecule is CCNCC1CCCCC1C(C)(C)C. The predicted molar refractivity (Wildman–Crippen MR) is 63.4 cm³/mol. The molecule has 0 heterocycles. The Labute approximate surface area is 89.7 Å². The standard InChI is InChI=1S/C13H27N/c1-5-14-10-11-8-6-7-9-12(11)13(2,3)4/h11-12,14H,5-10H2,1-4H3. The fourth-order valence-corrected chi connectivity index (χ4v) is 2.92. The van der Waals surface area contributed by atoms with Gasteiger partial charge >= 0.3 is 0 Å². The van der Waals surface area contributed by atoms with Crippen LogP contribution in [0, 0.1) is 17.3 Å². The van der Waals surface area contributed by atoms with Crippen molar-refractivity contribution in [1.29, 1.82) is 0 Å². The molecule has 1 heteroatoms. The second kappa shape index (κ2) is 5.16. The van der Waals surface area contributed by atoms with Gasteiger partial charge in [-0.3, -0.25) is 0 Å². The minimum Gasteiger partial charge on any atom is -0.317 e. The zero-order valence-corrected chi connectivity index (χ0v) is 10.4. The van der Waals surface area contributed by atoms with Crippen molar-refractivity contribution in [2.75, 3.05) is 13.1 Å². The van der Waals surface area contributed by atoms with Crippen molar-refractivity contribution >= 4 is 0 Å². The zero-order valence-electron chi connectivity index (χ0n) is 10.4. The second-order valence-corrected chi connectivity index (χ2v) is 5.82. The fraction of sp³-hybridized carbons (Fsp3) is 1.00. The van der Waals surface area contributed by atoms with Crippen LogP contribution < -0.4 is 5.32 Å². The smallest absolute Gasteiger partial charge is 0.00178 e. The molecule has 0 bridgehead atoms. The van der Waals surface area contributed by atoms with Crippen LogP contribution in [0.1, 0.15) is 53.4 Å². The molecule has 1 aliphatic carbocycles. The molecule has 0 aromatic carbocycles. The maximum Gasteiger partial charge on any atom is -0.00178 e. The lowest BCUT2D eigenvalue weighted by Gasteiger charge is -2.40. The van der Waals surface area contributed by atoms with Gasteiger partial charge in [-0.15, -0.1) is 0 Å². The first-order chi connectivity index (χ1) is 6.55. The van der Waals surface area contributed by atoms with Crippen LogP contribution in [0.4, 0.5) is 0 Å². The highest BCUT2D eigenvalue weighted by Gasteiger charge is 2.33. The van der Waals surface area contributed by atoms with Crippen LogP contribution in [0.2, 0.25) is 0 Å². The van der Waals surface area contributed by atoms with Gasteiger partial charge in [-0.1, -0.05) is 40.5 Å². The molecule has 1 N–H and O–H groups in total. The molecule has 14 heavy (non-hydrogen) atoms. The van der Waals surface area contributed by atoms with Gasteiger partial charge in [-0.25, -0.2) is 0 Å². The predicted octanol–water partition coefficient (Wildman–Crippen LogP) is 3.45. The van der Waals surface area contributed by atoms with E-state index >= 15 is 0 Å². The van der Waals surface area contributed by atoms with Crippen molar-refractivity contribution in [1.82, 2.24) is 5.32 Å². The monoisotopic (exact) mass is 197 g/mol. The van der Waals surface area contributed by atoms with Gasteiger partial charge in [0, 0.05) is 0 Å². The van der Waals surface area contributed by atoms with Gasteiger partial charge in [0.05, 0.1) is 0 Å². The number of hydrogen-bond donors (Lipinski definition) is 1. The summed E-state index contributed by atoms with van der Waals surface area (Å²) in [6.45, 7) is 11.8. The van der Waals surface area contributed by atoms with Gasteiger partial charge < -0.3 is 5.32 Å². The van der Waals surface area contributed by atoms with E-state index in [-0.39, 0.29) is 0 Å². The summed E-state index contributed by atoms with van der Waals surface area (Å²) in [4.78, 5) is 0. The topological polar surface area (TPSA) is 12.0 Å². The first kappa shape index (κ1) is 12.0.